The van der Waals surface area contributed by atoms with Gasteiger partial charge in [0.15, 0.2) is 0 Å². The molecule has 3 aromatic rings. The van der Waals surface area contributed by atoms with Crippen molar-refractivity contribution in [1.29, 1.82) is 0 Å². The van der Waals surface area contributed by atoms with Crippen molar-refractivity contribution >= 4 is 33.5 Å². The molecule has 0 fully saturated rings. The Morgan fingerprint density at radius 3 is 2.95 bits per heavy atom. The van der Waals surface area contributed by atoms with Crippen LogP contribution in [0, 0.1) is 0 Å². The number of hydrogen-bond donors (Lipinski definition) is 2. The summed E-state index contributed by atoms with van der Waals surface area (Å²) in [5.41, 5.74) is 9.26. The van der Waals surface area contributed by atoms with Gasteiger partial charge in [0.25, 0.3) is 0 Å². The van der Waals surface area contributed by atoms with Crippen molar-refractivity contribution in [3.63, 3.8) is 0 Å². The average molecular weight is 283 g/mol. The maximum atomic E-state index is 6.01. The summed E-state index contributed by atoms with van der Waals surface area (Å²) >= 11 is 1.74. The molecule has 0 aliphatic rings. The fraction of sp³-hybridized carbons (Fsp3) is 0.188. The first-order valence-electron chi connectivity index (χ1n) is 6.64. The Labute approximate surface area is 122 Å². The molecule has 0 spiro atoms. The van der Waals surface area contributed by atoms with Crippen molar-refractivity contribution < 1.29 is 0 Å². The highest BCUT2D eigenvalue weighted by Crippen LogP contribution is 2.28. The summed E-state index contributed by atoms with van der Waals surface area (Å²) in [7, 11) is 0. The van der Waals surface area contributed by atoms with Crippen molar-refractivity contribution in [3.05, 3.63) is 53.0 Å². The molecular weight excluding hydrogens is 266 g/mol. The first kappa shape index (κ1) is 12.9. The van der Waals surface area contributed by atoms with E-state index in [1.165, 1.54) is 5.56 Å². The molecule has 20 heavy (non-hydrogen) atoms. The second-order valence-corrected chi connectivity index (χ2v) is 5.78. The topological polar surface area (TPSA) is 50.9 Å². The number of nitrogens with two attached hydrogens (primary N) is 1. The van der Waals surface area contributed by atoms with E-state index < -0.39 is 0 Å². The number of aromatic nitrogens is 1. The molecule has 3 N–H and O–H groups in total. The van der Waals surface area contributed by atoms with Gasteiger partial charge >= 0.3 is 0 Å². The molecule has 3 nitrogen and oxygen atoms in total. The highest BCUT2D eigenvalue weighted by Gasteiger charge is 2.08. The summed E-state index contributed by atoms with van der Waals surface area (Å²) in [6, 6.07) is 8.47. The number of benzene rings is 1. The molecule has 0 aliphatic heterocycles. The van der Waals surface area contributed by atoms with E-state index in [0.29, 0.717) is 6.04 Å². The van der Waals surface area contributed by atoms with Crippen LogP contribution in [0.2, 0.25) is 0 Å². The van der Waals surface area contributed by atoms with E-state index in [1.807, 2.05) is 24.4 Å². The van der Waals surface area contributed by atoms with Gasteiger partial charge in [0.05, 0.1) is 0 Å². The molecule has 0 bridgehead atoms. The van der Waals surface area contributed by atoms with Crippen LogP contribution >= 0.6 is 11.3 Å². The van der Waals surface area contributed by atoms with Crippen LogP contribution in [0.5, 0.6) is 0 Å². The first-order chi connectivity index (χ1) is 9.74. The average Bonchev–Trinajstić information content (AvgIpc) is 2.95. The summed E-state index contributed by atoms with van der Waals surface area (Å²) in [5.74, 6) is 0. The third-order valence-electron chi connectivity index (χ3n) is 3.38. The normalized spacial score (nSPS) is 12.4. The van der Waals surface area contributed by atoms with Gasteiger partial charge < -0.3 is 11.1 Å². The third-order valence-corrected chi connectivity index (χ3v) is 4.11. The van der Waals surface area contributed by atoms with E-state index >= 15 is 0 Å². The second-order valence-electron chi connectivity index (χ2n) is 5.00. The lowest BCUT2D eigenvalue weighted by molar-refractivity contribution is 0.794. The van der Waals surface area contributed by atoms with Crippen LogP contribution in [-0.2, 0) is 6.42 Å². The van der Waals surface area contributed by atoms with Gasteiger partial charge in [0.2, 0.25) is 0 Å². The van der Waals surface area contributed by atoms with Gasteiger partial charge in [-0.2, -0.15) is 11.3 Å². The zero-order valence-corrected chi connectivity index (χ0v) is 12.2. The molecule has 2 aromatic heterocycles. The summed E-state index contributed by atoms with van der Waals surface area (Å²) in [6.07, 6.45) is 4.65. The van der Waals surface area contributed by atoms with Crippen LogP contribution in [0.15, 0.2) is 47.4 Å². The minimum Gasteiger partial charge on any atom is -0.398 e. The molecule has 4 heteroatoms. The number of fused-ring (bicyclic) bond motifs is 1. The van der Waals surface area contributed by atoms with Crippen molar-refractivity contribution in [2.24, 2.45) is 0 Å². The maximum absolute atomic E-state index is 6.01. The van der Waals surface area contributed by atoms with Crippen LogP contribution in [0.4, 0.5) is 11.4 Å². The van der Waals surface area contributed by atoms with E-state index in [4.69, 9.17) is 5.73 Å². The number of thiophene rings is 1. The lowest BCUT2D eigenvalue weighted by Crippen LogP contribution is -2.18. The number of hydrogen-bond acceptors (Lipinski definition) is 4. The Hall–Kier alpha value is -2.07. The summed E-state index contributed by atoms with van der Waals surface area (Å²) in [6.45, 7) is 2.19. The van der Waals surface area contributed by atoms with Crippen molar-refractivity contribution in [2.75, 3.05) is 11.1 Å². The van der Waals surface area contributed by atoms with Gasteiger partial charge in [-0.1, -0.05) is 0 Å². The number of pyridine rings is 1. The molecule has 1 atom stereocenters. The van der Waals surface area contributed by atoms with E-state index in [1.54, 1.807) is 17.5 Å². The van der Waals surface area contributed by atoms with Crippen LogP contribution < -0.4 is 11.1 Å². The second kappa shape index (κ2) is 5.51. The molecule has 1 unspecified atom stereocenters. The van der Waals surface area contributed by atoms with Crippen LogP contribution in [0.25, 0.3) is 10.8 Å². The van der Waals surface area contributed by atoms with Crippen molar-refractivity contribution in [1.82, 2.24) is 4.98 Å². The maximum Gasteiger partial charge on any atom is 0.0439 e. The van der Waals surface area contributed by atoms with Gasteiger partial charge in [0.1, 0.15) is 0 Å². The van der Waals surface area contributed by atoms with Crippen LogP contribution in [0.3, 0.4) is 0 Å². The van der Waals surface area contributed by atoms with Gasteiger partial charge in [-0.25, -0.2) is 0 Å². The minimum atomic E-state index is 0.358. The quantitative estimate of drug-likeness (QED) is 0.713. The summed E-state index contributed by atoms with van der Waals surface area (Å²) in [4.78, 5) is 4.20. The smallest absolute Gasteiger partial charge is 0.0439 e. The zero-order chi connectivity index (χ0) is 13.9. The fourth-order valence-corrected chi connectivity index (χ4v) is 3.10. The summed E-state index contributed by atoms with van der Waals surface area (Å²) < 4.78 is 0. The number of rotatable bonds is 4. The van der Waals surface area contributed by atoms with Gasteiger partial charge in [-0.05, 0) is 53.9 Å². The minimum absolute atomic E-state index is 0.358. The monoisotopic (exact) mass is 283 g/mol. The lowest BCUT2D eigenvalue weighted by atomic mass is 10.1. The Bertz CT molecular complexity index is 707. The Morgan fingerprint density at radius 1 is 1.25 bits per heavy atom. The predicted octanol–water partition coefficient (Wildman–Crippen LogP) is 3.92. The number of anilines is 2. The molecule has 0 aliphatic carbocycles. The molecular formula is C16H17N3S. The fourth-order valence-electron chi connectivity index (χ4n) is 2.42. The van der Waals surface area contributed by atoms with Gasteiger partial charge in [-0.15, -0.1) is 0 Å². The van der Waals surface area contributed by atoms with Gasteiger partial charge in [-0.3, -0.25) is 4.98 Å². The SMILES string of the molecule is CC(Cc1ccsc1)Nc1ccc(N)c2ccncc12. The first-order valence-corrected chi connectivity index (χ1v) is 7.58. The molecule has 0 saturated carbocycles. The van der Waals surface area contributed by atoms with E-state index in [2.05, 4.69) is 34.1 Å². The third kappa shape index (κ3) is 2.60. The highest BCUT2D eigenvalue weighted by atomic mass is 32.1. The van der Waals surface area contributed by atoms with Crippen LogP contribution in [-0.4, -0.2) is 11.0 Å². The van der Waals surface area contributed by atoms with E-state index in [-0.39, 0.29) is 0 Å². The Kier molecular flexibility index (Phi) is 3.56. The molecule has 102 valence electrons. The standard InChI is InChI=1S/C16H17N3S/c1-11(8-12-5-7-20-10-12)19-16-3-2-15(17)13-4-6-18-9-14(13)16/h2-7,9-11,19H,8,17H2,1H3. The number of nitrogens with one attached hydrogen (secondary N) is 1. The van der Waals surface area contributed by atoms with Crippen molar-refractivity contribution in [3.8, 4) is 0 Å². The molecule has 1 aromatic carbocycles. The Morgan fingerprint density at radius 2 is 2.15 bits per heavy atom. The zero-order valence-electron chi connectivity index (χ0n) is 11.3. The van der Waals surface area contributed by atoms with Crippen LogP contribution in [0.1, 0.15) is 12.5 Å². The number of nitrogens with zero attached hydrogens (tertiary/aromatic N) is 1. The molecule has 2 heterocycles. The highest BCUT2D eigenvalue weighted by molar-refractivity contribution is 7.07. The molecule has 0 radical (unpaired) electrons. The number of nitrogen functional groups attached to an aromatic ring is 1. The van der Waals surface area contributed by atoms with Gasteiger partial charge in [0, 0.05) is 40.6 Å². The lowest BCUT2D eigenvalue weighted by Gasteiger charge is -2.17. The molecule has 3 rings (SSSR count). The largest absolute Gasteiger partial charge is 0.398 e. The Balaban J connectivity index is 1.85. The summed E-state index contributed by atoms with van der Waals surface area (Å²) in [5, 5.41) is 9.99. The van der Waals surface area contributed by atoms with E-state index in [0.717, 1.165) is 28.6 Å². The van der Waals surface area contributed by atoms with E-state index in [9.17, 15) is 0 Å². The van der Waals surface area contributed by atoms with Crippen molar-refractivity contribution in [2.45, 2.75) is 19.4 Å². The molecule has 0 amide bonds. The molecule has 0 saturated heterocycles. The predicted molar refractivity (Wildman–Crippen MR) is 87.3 cm³/mol.